The third-order valence-corrected chi connectivity index (χ3v) is 3.98. The first kappa shape index (κ1) is 13.6. The molecule has 1 N–H and O–H groups in total. The number of hydrogen-bond acceptors (Lipinski definition) is 2. The molecule has 0 spiro atoms. The summed E-state index contributed by atoms with van der Waals surface area (Å²) in [4.78, 5) is 12.1. The van der Waals surface area contributed by atoms with Crippen molar-refractivity contribution in [3.63, 3.8) is 0 Å². The van der Waals surface area contributed by atoms with Gasteiger partial charge in [0.25, 0.3) is 0 Å². The maximum Gasteiger partial charge on any atom is 0.240 e. The first-order valence-electron chi connectivity index (χ1n) is 6.82. The normalized spacial score (nSPS) is 26.9. The predicted octanol–water partition coefficient (Wildman–Crippen LogP) is 2.85. The Labute approximate surface area is 114 Å². The van der Waals surface area contributed by atoms with Gasteiger partial charge in [-0.3, -0.25) is 4.79 Å². The molecule has 1 atom stereocenters. The molecule has 1 aliphatic carbocycles. The fourth-order valence-corrected chi connectivity index (χ4v) is 2.77. The van der Waals surface area contributed by atoms with Crippen molar-refractivity contribution in [2.45, 2.75) is 32.6 Å². The maximum absolute atomic E-state index is 12.1. The highest BCUT2D eigenvalue weighted by Crippen LogP contribution is 2.45. The van der Waals surface area contributed by atoms with Gasteiger partial charge in [-0.25, -0.2) is 0 Å². The lowest BCUT2D eigenvalue weighted by Gasteiger charge is -2.39. The fourth-order valence-electron chi connectivity index (χ4n) is 2.77. The molecular weight excluding hydrogens is 236 g/mol. The molecule has 1 aliphatic rings. The van der Waals surface area contributed by atoms with Gasteiger partial charge in [-0.1, -0.05) is 44.2 Å². The Morgan fingerprint density at radius 3 is 2.63 bits per heavy atom. The van der Waals surface area contributed by atoms with E-state index in [9.17, 15) is 10.1 Å². The molecule has 2 rings (SSSR count). The van der Waals surface area contributed by atoms with Crippen LogP contribution in [0.4, 0.5) is 0 Å². The summed E-state index contributed by atoms with van der Waals surface area (Å²) in [5.41, 5.74) is 0.436. The van der Waals surface area contributed by atoms with Crippen LogP contribution >= 0.6 is 0 Å². The maximum atomic E-state index is 12.1. The average Bonchev–Trinajstić information content (AvgIpc) is 2.41. The van der Waals surface area contributed by atoms with E-state index in [0.717, 1.165) is 0 Å². The van der Waals surface area contributed by atoms with E-state index in [1.807, 2.05) is 18.2 Å². The Kier molecular flexibility index (Phi) is 3.90. The van der Waals surface area contributed by atoms with Crippen molar-refractivity contribution in [3.05, 3.63) is 35.9 Å². The van der Waals surface area contributed by atoms with Gasteiger partial charge in [-0.15, -0.1) is 0 Å². The van der Waals surface area contributed by atoms with Crippen molar-refractivity contribution in [2.24, 2.45) is 11.3 Å². The molecule has 1 aromatic carbocycles. The molecule has 3 nitrogen and oxygen atoms in total. The van der Waals surface area contributed by atoms with Crippen LogP contribution < -0.4 is 5.32 Å². The number of hydrogen-bond donors (Lipinski definition) is 1. The van der Waals surface area contributed by atoms with Crippen LogP contribution in [0.15, 0.2) is 30.3 Å². The van der Waals surface area contributed by atoms with Gasteiger partial charge in [0.2, 0.25) is 5.91 Å². The number of carbonyl (C=O) groups excluding carboxylic acids is 1. The summed E-state index contributed by atoms with van der Waals surface area (Å²) in [5, 5.41) is 12.1. The summed E-state index contributed by atoms with van der Waals surface area (Å²) in [6.07, 6.45) is 1.38. The first-order valence-corrected chi connectivity index (χ1v) is 6.82. The minimum atomic E-state index is -0.768. The summed E-state index contributed by atoms with van der Waals surface area (Å²) in [7, 11) is 0. The van der Waals surface area contributed by atoms with Crippen molar-refractivity contribution in [3.8, 4) is 6.07 Å². The van der Waals surface area contributed by atoms with Gasteiger partial charge in [-0.2, -0.15) is 5.26 Å². The van der Waals surface area contributed by atoms with E-state index < -0.39 is 5.41 Å². The van der Waals surface area contributed by atoms with Crippen LogP contribution in [0.3, 0.4) is 0 Å². The van der Waals surface area contributed by atoms with Crippen LogP contribution in [0.2, 0.25) is 0 Å². The molecule has 0 aromatic heterocycles. The molecule has 100 valence electrons. The van der Waals surface area contributed by atoms with E-state index >= 15 is 0 Å². The SMILES string of the molecule is CC1CC(C#N)(C(=O)NCC(C)c2ccccc2)C1. The molecule has 1 fully saturated rings. The van der Waals surface area contributed by atoms with Crippen LogP contribution in [-0.4, -0.2) is 12.5 Å². The molecular formula is C16H20N2O. The number of amides is 1. The topological polar surface area (TPSA) is 52.9 Å². The molecule has 19 heavy (non-hydrogen) atoms. The van der Waals surface area contributed by atoms with Crippen LogP contribution in [0.25, 0.3) is 0 Å². The monoisotopic (exact) mass is 256 g/mol. The van der Waals surface area contributed by atoms with Crippen molar-refractivity contribution < 1.29 is 4.79 Å². The largest absolute Gasteiger partial charge is 0.354 e. The fraction of sp³-hybridized carbons (Fsp3) is 0.500. The van der Waals surface area contributed by atoms with E-state index in [4.69, 9.17) is 0 Å². The highest BCUT2D eigenvalue weighted by Gasteiger charge is 2.48. The number of rotatable bonds is 4. The quantitative estimate of drug-likeness (QED) is 0.900. The Morgan fingerprint density at radius 1 is 1.47 bits per heavy atom. The summed E-state index contributed by atoms with van der Waals surface area (Å²) >= 11 is 0. The molecule has 0 saturated heterocycles. The summed E-state index contributed by atoms with van der Waals surface area (Å²) in [6.45, 7) is 4.74. The van der Waals surface area contributed by atoms with Gasteiger partial charge in [-0.05, 0) is 30.2 Å². The van der Waals surface area contributed by atoms with E-state index in [0.29, 0.717) is 25.3 Å². The standard InChI is InChI=1S/C16H20N2O/c1-12-8-16(9-12,11-17)15(19)18-10-13(2)14-6-4-3-5-7-14/h3-7,12-13H,8-10H2,1-2H3,(H,18,19). The number of nitrogens with one attached hydrogen (secondary N) is 1. The van der Waals surface area contributed by atoms with Crippen LogP contribution in [0.1, 0.15) is 38.2 Å². The number of benzene rings is 1. The van der Waals surface area contributed by atoms with E-state index in [1.54, 1.807) is 0 Å². The molecule has 1 unspecified atom stereocenters. The highest BCUT2D eigenvalue weighted by molar-refractivity contribution is 5.86. The third-order valence-electron chi connectivity index (χ3n) is 3.98. The van der Waals surface area contributed by atoms with Gasteiger partial charge >= 0.3 is 0 Å². The zero-order valence-electron chi connectivity index (χ0n) is 11.5. The molecule has 1 amide bonds. The zero-order valence-corrected chi connectivity index (χ0v) is 11.5. The molecule has 0 aliphatic heterocycles. The number of nitrogens with zero attached hydrogens (tertiary/aromatic N) is 1. The molecule has 0 radical (unpaired) electrons. The van der Waals surface area contributed by atoms with Crippen LogP contribution in [-0.2, 0) is 4.79 Å². The third kappa shape index (κ3) is 2.78. The van der Waals surface area contributed by atoms with Crippen LogP contribution in [0.5, 0.6) is 0 Å². The lowest BCUT2D eigenvalue weighted by atomic mass is 9.63. The van der Waals surface area contributed by atoms with Gasteiger partial charge in [0.05, 0.1) is 6.07 Å². The predicted molar refractivity (Wildman–Crippen MR) is 74.3 cm³/mol. The lowest BCUT2D eigenvalue weighted by molar-refractivity contribution is -0.134. The van der Waals surface area contributed by atoms with Crippen molar-refractivity contribution >= 4 is 5.91 Å². The summed E-state index contributed by atoms with van der Waals surface area (Å²) in [6, 6.07) is 12.3. The van der Waals surface area contributed by atoms with E-state index in [2.05, 4.69) is 37.4 Å². The van der Waals surface area contributed by atoms with Gasteiger partial charge in [0.1, 0.15) is 5.41 Å². The summed E-state index contributed by atoms with van der Waals surface area (Å²) < 4.78 is 0. The first-order chi connectivity index (χ1) is 9.07. The van der Waals surface area contributed by atoms with Crippen LogP contribution in [0, 0.1) is 22.7 Å². The van der Waals surface area contributed by atoms with Gasteiger partial charge < -0.3 is 5.32 Å². The van der Waals surface area contributed by atoms with Crippen molar-refractivity contribution in [2.75, 3.05) is 6.54 Å². The molecule has 1 aromatic rings. The van der Waals surface area contributed by atoms with Crippen molar-refractivity contribution in [1.29, 1.82) is 5.26 Å². The average molecular weight is 256 g/mol. The lowest BCUT2D eigenvalue weighted by Crippen LogP contribution is -2.48. The minimum Gasteiger partial charge on any atom is -0.354 e. The van der Waals surface area contributed by atoms with Crippen molar-refractivity contribution in [1.82, 2.24) is 5.32 Å². The second kappa shape index (κ2) is 5.44. The highest BCUT2D eigenvalue weighted by atomic mass is 16.2. The Bertz CT molecular complexity index is 483. The summed E-state index contributed by atoms with van der Waals surface area (Å²) in [5.74, 6) is 0.645. The Balaban J connectivity index is 1.89. The van der Waals surface area contributed by atoms with Gasteiger partial charge in [0, 0.05) is 6.54 Å². The number of carbonyl (C=O) groups is 1. The smallest absolute Gasteiger partial charge is 0.240 e. The van der Waals surface area contributed by atoms with Gasteiger partial charge in [0.15, 0.2) is 0 Å². The number of nitriles is 1. The molecule has 1 saturated carbocycles. The zero-order chi connectivity index (χ0) is 13.9. The Hall–Kier alpha value is -1.82. The Morgan fingerprint density at radius 2 is 2.11 bits per heavy atom. The minimum absolute atomic E-state index is 0.101. The molecule has 0 heterocycles. The van der Waals surface area contributed by atoms with E-state index in [1.165, 1.54) is 5.56 Å². The molecule has 0 bridgehead atoms. The molecule has 3 heteroatoms. The second-order valence-electron chi connectivity index (χ2n) is 5.73. The second-order valence-corrected chi connectivity index (χ2v) is 5.73. The van der Waals surface area contributed by atoms with E-state index in [-0.39, 0.29) is 11.8 Å².